The molecule has 2 aliphatic rings. The van der Waals surface area contributed by atoms with E-state index < -0.39 is 5.97 Å². The van der Waals surface area contributed by atoms with Crippen molar-refractivity contribution < 1.29 is 14.6 Å². The van der Waals surface area contributed by atoms with Crippen molar-refractivity contribution in [1.29, 1.82) is 0 Å². The second-order valence-corrected chi connectivity index (χ2v) is 4.76. The number of nitrogens with zero attached hydrogens (tertiary/aromatic N) is 3. The zero-order valence-corrected chi connectivity index (χ0v) is 10.5. The summed E-state index contributed by atoms with van der Waals surface area (Å²) in [6.07, 6.45) is 2.22. The highest BCUT2D eigenvalue weighted by molar-refractivity contribution is 5.86. The molecule has 102 valence electrons. The summed E-state index contributed by atoms with van der Waals surface area (Å²) in [4.78, 5) is 21.6. The Bertz CT molecular complexity index is 484. The number of carboxylic acids is 1. The van der Waals surface area contributed by atoms with Crippen LogP contribution in [0.15, 0.2) is 6.07 Å². The van der Waals surface area contributed by atoms with Gasteiger partial charge in [-0.25, -0.2) is 9.78 Å². The molecule has 7 nitrogen and oxygen atoms in total. The van der Waals surface area contributed by atoms with Crippen molar-refractivity contribution in [2.45, 2.75) is 18.9 Å². The maximum Gasteiger partial charge on any atom is 0.354 e. The van der Waals surface area contributed by atoms with Crippen molar-refractivity contribution in [3.8, 4) is 0 Å². The molecule has 0 unspecified atom stereocenters. The first-order chi connectivity index (χ1) is 9.22. The maximum absolute atomic E-state index is 11.1. The van der Waals surface area contributed by atoms with Gasteiger partial charge < -0.3 is 20.1 Å². The SMILES string of the molecule is O=C(O)c1cc(NC2CC2)nc(N2CCOCC2)n1. The van der Waals surface area contributed by atoms with Gasteiger partial charge in [0.15, 0.2) is 5.69 Å². The third kappa shape index (κ3) is 2.93. The maximum atomic E-state index is 11.1. The molecular weight excluding hydrogens is 248 g/mol. The number of morpholine rings is 1. The Morgan fingerprint density at radius 2 is 2.11 bits per heavy atom. The van der Waals surface area contributed by atoms with Crippen LogP contribution in [0.1, 0.15) is 23.3 Å². The molecule has 19 heavy (non-hydrogen) atoms. The molecule has 1 aromatic heterocycles. The van der Waals surface area contributed by atoms with Crippen LogP contribution in [0.25, 0.3) is 0 Å². The van der Waals surface area contributed by atoms with E-state index in [0.29, 0.717) is 44.1 Å². The van der Waals surface area contributed by atoms with Gasteiger partial charge in [-0.2, -0.15) is 4.98 Å². The zero-order valence-electron chi connectivity index (χ0n) is 10.5. The molecule has 3 rings (SSSR count). The first kappa shape index (κ1) is 12.2. The van der Waals surface area contributed by atoms with Crippen LogP contribution in [0.2, 0.25) is 0 Å². The Balaban J connectivity index is 1.87. The molecule has 0 amide bonds. The Labute approximate surface area is 110 Å². The van der Waals surface area contributed by atoms with Gasteiger partial charge in [-0.1, -0.05) is 0 Å². The van der Waals surface area contributed by atoms with E-state index in [-0.39, 0.29) is 5.69 Å². The lowest BCUT2D eigenvalue weighted by Crippen LogP contribution is -2.37. The highest BCUT2D eigenvalue weighted by Crippen LogP contribution is 2.25. The molecule has 2 N–H and O–H groups in total. The Kier molecular flexibility index (Phi) is 3.20. The van der Waals surface area contributed by atoms with Gasteiger partial charge in [-0.3, -0.25) is 0 Å². The first-order valence-electron chi connectivity index (χ1n) is 6.44. The number of aromatic nitrogens is 2. The van der Waals surface area contributed by atoms with Crippen LogP contribution in [-0.2, 0) is 4.74 Å². The van der Waals surface area contributed by atoms with Crippen LogP contribution < -0.4 is 10.2 Å². The van der Waals surface area contributed by atoms with Crippen molar-refractivity contribution in [3.05, 3.63) is 11.8 Å². The average Bonchev–Trinajstić information content (AvgIpc) is 3.23. The van der Waals surface area contributed by atoms with E-state index in [9.17, 15) is 4.79 Å². The minimum absolute atomic E-state index is 0.0274. The van der Waals surface area contributed by atoms with Crippen molar-refractivity contribution in [1.82, 2.24) is 9.97 Å². The summed E-state index contributed by atoms with van der Waals surface area (Å²) in [5.74, 6) is 0.0264. The fraction of sp³-hybridized carbons (Fsp3) is 0.583. The summed E-state index contributed by atoms with van der Waals surface area (Å²) in [5.41, 5.74) is 0.0274. The second kappa shape index (κ2) is 5.00. The topological polar surface area (TPSA) is 87.6 Å². The van der Waals surface area contributed by atoms with Crippen molar-refractivity contribution >= 4 is 17.7 Å². The lowest BCUT2D eigenvalue weighted by Gasteiger charge is -2.27. The number of anilines is 2. The van der Waals surface area contributed by atoms with Crippen molar-refractivity contribution in [3.63, 3.8) is 0 Å². The van der Waals surface area contributed by atoms with E-state index in [1.807, 2.05) is 4.90 Å². The smallest absolute Gasteiger partial charge is 0.354 e. The number of ether oxygens (including phenoxy) is 1. The number of hydrogen-bond acceptors (Lipinski definition) is 6. The summed E-state index contributed by atoms with van der Waals surface area (Å²) in [5, 5.41) is 12.3. The first-order valence-corrected chi connectivity index (χ1v) is 6.44. The summed E-state index contributed by atoms with van der Waals surface area (Å²) >= 11 is 0. The lowest BCUT2D eigenvalue weighted by molar-refractivity contribution is 0.0690. The van der Waals surface area contributed by atoms with Gasteiger partial charge in [-0.15, -0.1) is 0 Å². The summed E-state index contributed by atoms with van der Waals surface area (Å²) in [6, 6.07) is 1.92. The Morgan fingerprint density at radius 3 is 2.74 bits per heavy atom. The Hall–Kier alpha value is -1.89. The average molecular weight is 264 g/mol. The molecule has 0 atom stereocenters. The van der Waals surface area contributed by atoms with Gasteiger partial charge in [0.2, 0.25) is 5.95 Å². The number of carbonyl (C=O) groups is 1. The molecule has 7 heteroatoms. The summed E-state index contributed by atoms with van der Waals surface area (Å²) < 4.78 is 5.27. The van der Waals surface area contributed by atoms with Crippen molar-refractivity contribution in [2.24, 2.45) is 0 Å². The minimum atomic E-state index is -1.03. The van der Waals surface area contributed by atoms with Crippen LogP contribution >= 0.6 is 0 Å². The largest absolute Gasteiger partial charge is 0.477 e. The quantitative estimate of drug-likeness (QED) is 0.822. The lowest BCUT2D eigenvalue weighted by atomic mass is 10.3. The number of nitrogens with one attached hydrogen (secondary N) is 1. The number of rotatable bonds is 4. The standard InChI is InChI=1S/C12H16N4O3/c17-11(18)9-7-10(13-8-1-2-8)15-12(14-9)16-3-5-19-6-4-16/h7-8H,1-6H2,(H,17,18)(H,13,14,15). The number of hydrogen-bond donors (Lipinski definition) is 2. The van der Waals surface area contributed by atoms with Crippen LogP contribution in [0, 0.1) is 0 Å². The molecule has 0 spiro atoms. The van der Waals surface area contributed by atoms with Gasteiger partial charge in [0.25, 0.3) is 0 Å². The van der Waals surface area contributed by atoms with Crippen molar-refractivity contribution in [2.75, 3.05) is 36.5 Å². The summed E-state index contributed by atoms with van der Waals surface area (Å²) in [7, 11) is 0. The molecule has 1 aliphatic heterocycles. The fourth-order valence-electron chi connectivity index (χ4n) is 1.96. The zero-order chi connectivity index (χ0) is 13.2. The highest BCUT2D eigenvalue weighted by Gasteiger charge is 2.23. The molecule has 0 radical (unpaired) electrons. The molecule has 1 aliphatic carbocycles. The van der Waals surface area contributed by atoms with Gasteiger partial charge in [0.1, 0.15) is 5.82 Å². The third-order valence-electron chi connectivity index (χ3n) is 3.16. The second-order valence-electron chi connectivity index (χ2n) is 4.76. The summed E-state index contributed by atoms with van der Waals surface area (Å²) in [6.45, 7) is 2.61. The molecule has 1 saturated carbocycles. The minimum Gasteiger partial charge on any atom is -0.477 e. The number of aromatic carboxylic acids is 1. The molecule has 1 aromatic rings. The normalized spacial score (nSPS) is 19.3. The van der Waals surface area contributed by atoms with E-state index in [2.05, 4.69) is 15.3 Å². The highest BCUT2D eigenvalue weighted by atomic mass is 16.5. The monoisotopic (exact) mass is 264 g/mol. The van der Waals surface area contributed by atoms with Crippen LogP contribution in [-0.4, -0.2) is 53.4 Å². The fourth-order valence-corrected chi connectivity index (χ4v) is 1.96. The number of carboxylic acid groups (broad SMARTS) is 1. The van der Waals surface area contributed by atoms with Gasteiger partial charge in [0, 0.05) is 25.2 Å². The molecule has 2 heterocycles. The predicted molar refractivity (Wildman–Crippen MR) is 68.7 cm³/mol. The van der Waals surface area contributed by atoms with E-state index in [4.69, 9.17) is 9.84 Å². The molecular formula is C12H16N4O3. The third-order valence-corrected chi connectivity index (χ3v) is 3.16. The molecule has 1 saturated heterocycles. The predicted octanol–water partition coefficient (Wildman–Crippen LogP) is 0.586. The van der Waals surface area contributed by atoms with Crippen LogP contribution in [0.3, 0.4) is 0 Å². The van der Waals surface area contributed by atoms with E-state index in [1.165, 1.54) is 6.07 Å². The molecule has 0 bridgehead atoms. The molecule has 0 aromatic carbocycles. The van der Waals surface area contributed by atoms with E-state index in [1.54, 1.807) is 0 Å². The van der Waals surface area contributed by atoms with Crippen LogP contribution in [0.4, 0.5) is 11.8 Å². The molecule has 2 fully saturated rings. The Morgan fingerprint density at radius 1 is 1.37 bits per heavy atom. The van der Waals surface area contributed by atoms with Gasteiger partial charge >= 0.3 is 5.97 Å². The van der Waals surface area contributed by atoms with Crippen LogP contribution in [0.5, 0.6) is 0 Å². The van der Waals surface area contributed by atoms with E-state index in [0.717, 1.165) is 12.8 Å². The van der Waals surface area contributed by atoms with E-state index >= 15 is 0 Å². The van der Waals surface area contributed by atoms with Gasteiger partial charge in [-0.05, 0) is 12.8 Å². The van der Waals surface area contributed by atoms with Gasteiger partial charge in [0.05, 0.1) is 13.2 Å².